The molecule has 7 nitrogen and oxygen atoms in total. The van der Waals surface area contributed by atoms with Gasteiger partial charge in [0.2, 0.25) is 5.82 Å². The molecule has 0 saturated carbocycles. The molecule has 1 heterocycles. The standard InChI is InChI=1S/C12H12IN5O2/c1-3-20-10-7-8(6-9(13)11(10)19-2)12-15-17-18(16-12)5-4-14/h6-7H,3,5H2,1-2H3. The van der Waals surface area contributed by atoms with Crippen molar-refractivity contribution in [3.8, 4) is 29.0 Å². The molecular formula is C12H12IN5O2. The van der Waals surface area contributed by atoms with E-state index in [0.29, 0.717) is 23.9 Å². The van der Waals surface area contributed by atoms with Crippen molar-refractivity contribution in [3.05, 3.63) is 15.7 Å². The number of halogens is 1. The van der Waals surface area contributed by atoms with Gasteiger partial charge in [0.15, 0.2) is 11.5 Å². The topological polar surface area (TPSA) is 85.9 Å². The van der Waals surface area contributed by atoms with E-state index in [1.807, 2.05) is 19.1 Å². The minimum atomic E-state index is 0.0680. The highest BCUT2D eigenvalue weighted by molar-refractivity contribution is 14.1. The molecule has 0 spiro atoms. The van der Waals surface area contributed by atoms with Crippen LogP contribution in [0.3, 0.4) is 0 Å². The molecule has 0 aliphatic carbocycles. The van der Waals surface area contributed by atoms with Gasteiger partial charge in [-0.05, 0) is 46.9 Å². The highest BCUT2D eigenvalue weighted by Crippen LogP contribution is 2.36. The number of nitriles is 1. The fourth-order valence-electron chi connectivity index (χ4n) is 1.65. The zero-order chi connectivity index (χ0) is 14.5. The number of methoxy groups -OCH3 is 1. The number of hydrogen-bond acceptors (Lipinski definition) is 6. The maximum absolute atomic E-state index is 8.61. The first-order valence-electron chi connectivity index (χ1n) is 5.85. The van der Waals surface area contributed by atoms with Crippen molar-refractivity contribution >= 4 is 22.6 Å². The number of ether oxygens (including phenoxy) is 2. The summed E-state index contributed by atoms with van der Waals surface area (Å²) in [5.41, 5.74) is 0.767. The Hall–Kier alpha value is -1.89. The van der Waals surface area contributed by atoms with Crippen LogP contribution < -0.4 is 9.47 Å². The zero-order valence-electron chi connectivity index (χ0n) is 11.0. The van der Waals surface area contributed by atoms with Crippen LogP contribution in [0.4, 0.5) is 0 Å². The van der Waals surface area contributed by atoms with Crippen LogP contribution in [-0.4, -0.2) is 33.9 Å². The van der Waals surface area contributed by atoms with Gasteiger partial charge in [-0.3, -0.25) is 0 Å². The highest BCUT2D eigenvalue weighted by Gasteiger charge is 2.14. The van der Waals surface area contributed by atoms with Crippen molar-refractivity contribution in [1.29, 1.82) is 5.26 Å². The van der Waals surface area contributed by atoms with Gasteiger partial charge in [-0.25, -0.2) is 0 Å². The molecule has 1 aromatic heterocycles. The molecule has 0 atom stereocenters. The number of aromatic nitrogens is 4. The minimum absolute atomic E-state index is 0.0680. The van der Waals surface area contributed by atoms with Crippen molar-refractivity contribution in [1.82, 2.24) is 20.2 Å². The van der Waals surface area contributed by atoms with Crippen LogP contribution in [0.15, 0.2) is 12.1 Å². The summed E-state index contributed by atoms with van der Waals surface area (Å²) >= 11 is 2.16. The lowest BCUT2D eigenvalue weighted by Crippen LogP contribution is -2.00. The molecule has 0 unspecified atom stereocenters. The Morgan fingerprint density at radius 3 is 2.90 bits per heavy atom. The number of hydrogen-bond donors (Lipinski definition) is 0. The van der Waals surface area contributed by atoms with Crippen LogP contribution >= 0.6 is 22.6 Å². The van der Waals surface area contributed by atoms with E-state index in [0.717, 1.165) is 9.13 Å². The van der Waals surface area contributed by atoms with Crippen LogP contribution in [0.5, 0.6) is 11.5 Å². The fourth-order valence-corrected chi connectivity index (χ4v) is 2.47. The largest absolute Gasteiger partial charge is 0.492 e. The second-order valence-electron chi connectivity index (χ2n) is 3.72. The van der Waals surface area contributed by atoms with Crippen molar-refractivity contribution in [2.24, 2.45) is 0 Å². The number of tetrazole rings is 1. The predicted molar refractivity (Wildman–Crippen MR) is 79.3 cm³/mol. The van der Waals surface area contributed by atoms with Gasteiger partial charge < -0.3 is 9.47 Å². The lowest BCUT2D eigenvalue weighted by Gasteiger charge is -2.12. The third-order valence-electron chi connectivity index (χ3n) is 2.44. The number of nitrogens with zero attached hydrogens (tertiary/aromatic N) is 5. The van der Waals surface area contributed by atoms with E-state index in [1.165, 1.54) is 4.80 Å². The Kier molecular flexibility index (Phi) is 4.73. The van der Waals surface area contributed by atoms with Gasteiger partial charge in [0.1, 0.15) is 6.54 Å². The molecule has 0 fully saturated rings. The quantitative estimate of drug-likeness (QED) is 0.731. The van der Waals surface area contributed by atoms with Gasteiger partial charge in [0, 0.05) is 5.56 Å². The van der Waals surface area contributed by atoms with E-state index >= 15 is 0 Å². The van der Waals surface area contributed by atoms with Crippen molar-refractivity contribution in [3.63, 3.8) is 0 Å². The number of benzene rings is 1. The van der Waals surface area contributed by atoms with E-state index in [9.17, 15) is 0 Å². The van der Waals surface area contributed by atoms with Crippen LogP contribution in [0, 0.1) is 14.9 Å². The third kappa shape index (κ3) is 2.98. The van der Waals surface area contributed by atoms with E-state index < -0.39 is 0 Å². The van der Waals surface area contributed by atoms with E-state index in [4.69, 9.17) is 14.7 Å². The van der Waals surface area contributed by atoms with E-state index in [2.05, 4.69) is 38.0 Å². The van der Waals surface area contributed by atoms with Crippen LogP contribution in [0.2, 0.25) is 0 Å². The maximum Gasteiger partial charge on any atom is 0.205 e. The first kappa shape index (κ1) is 14.5. The molecule has 0 aliphatic rings. The molecule has 2 aromatic rings. The van der Waals surface area contributed by atoms with Gasteiger partial charge in [-0.2, -0.15) is 5.26 Å². The SMILES string of the molecule is CCOc1cc(-c2nnn(CC#N)n2)cc(I)c1OC. The fraction of sp³-hybridized carbons (Fsp3) is 0.333. The first-order valence-corrected chi connectivity index (χ1v) is 6.93. The molecule has 8 heteroatoms. The molecule has 0 amide bonds. The van der Waals surface area contributed by atoms with Crippen molar-refractivity contribution in [2.45, 2.75) is 13.5 Å². The Labute approximate surface area is 129 Å². The summed E-state index contributed by atoms with van der Waals surface area (Å²) in [6.07, 6.45) is 0. The summed E-state index contributed by atoms with van der Waals surface area (Å²) in [6.45, 7) is 2.50. The molecule has 1 aromatic carbocycles. The Balaban J connectivity index is 2.43. The zero-order valence-corrected chi connectivity index (χ0v) is 13.2. The number of rotatable bonds is 5. The smallest absolute Gasteiger partial charge is 0.205 e. The van der Waals surface area contributed by atoms with Gasteiger partial charge >= 0.3 is 0 Å². The van der Waals surface area contributed by atoms with Gasteiger partial charge in [0.25, 0.3) is 0 Å². The summed E-state index contributed by atoms with van der Waals surface area (Å²) in [4.78, 5) is 1.24. The van der Waals surface area contributed by atoms with Crippen LogP contribution in [0.1, 0.15) is 6.92 Å². The lowest BCUT2D eigenvalue weighted by atomic mass is 10.2. The second kappa shape index (κ2) is 6.51. The minimum Gasteiger partial charge on any atom is -0.492 e. The molecule has 104 valence electrons. The Bertz CT molecular complexity index is 650. The normalized spacial score (nSPS) is 10.1. The van der Waals surface area contributed by atoms with Gasteiger partial charge in [0.05, 0.1) is 23.4 Å². The monoisotopic (exact) mass is 385 g/mol. The maximum atomic E-state index is 8.61. The summed E-state index contributed by atoms with van der Waals surface area (Å²) < 4.78 is 11.8. The third-order valence-corrected chi connectivity index (χ3v) is 3.24. The van der Waals surface area contributed by atoms with Gasteiger partial charge in [-0.15, -0.1) is 15.0 Å². The summed E-state index contributed by atoms with van der Waals surface area (Å²) in [6, 6.07) is 5.65. The summed E-state index contributed by atoms with van der Waals surface area (Å²) in [7, 11) is 1.60. The Morgan fingerprint density at radius 1 is 1.45 bits per heavy atom. The van der Waals surface area contributed by atoms with Gasteiger partial charge in [-0.1, -0.05) is 0 Å². The molecule has 0 radical (unpaired) electrons. The molecule has 2 rings (SSSR count). The second-order valence-corrected chi connectivity index (χ2v) is 4.89. The van der Waals surface area contributed by atoms with Crippen molar-refractivity contribution in [2.75, 3.05) is 13.7 Å². The van der Waals surface area contributed by atoms with Crippen molar-refractivity contribution < 1.29 is 9.47 Å². The Morgan fingerprint density at radius 2 is 2.25 bits per heavy atom. The summed E-state index contributed by atoms with van der Waals surface area (Å²) in [5.74, 6) is 1.76. The molecule has 0 aliphatic heterocycles. The molecule has 0 bridgehead atoms. The van der Waals surface area contributed by atoms with E-state index in [-0.39, 0.29) is 6.54 Å². The molecular weight excluding hydrogens is 373 g/mol. The van der Waals surface area contributed by atoms with E-state index in [1.54, 1.807) is 13.2 Å². The summed E-state index contributed by atoms with van der Waals surface area (Å²) in [5, 5.41) is 20.5. The molecule has 0 N–H and O–H groups in total. The predicted octanol–water partition coefficient (Wildman–Crippen LogP) is 1.88. The molecule has 0 saturated heterocycles. The average Bonchev–Trinajstić information content (AvgIpc) is 2.88. The first-order chi connectivity index (χ1) is 9.69. The van der Waals surface area contributed by atoms with Crippen LogP contribution in [0.25, 0.3) is 11.4 Å². The molecule has 20 heavy (non-hydrogen) atoms. The van der Waals surface area contributed by atoms with Crippen LogP contribution in [-0.2, 0) is 6.54 Å². The highest BCUT2D eigenvalue weighted by atomic mass is 127. The lowest BCUT2D eigenvalue weighted by molar-refractivity contribution is 0.310. The average molecular weight is 385 g/mol.